The third-order valence-electron chi connectivity index (χ3n) is 3.25. The van der Waals surface area contributed by atoms with Crippen LogP contribution in [0.1, 0.15) is 37.2 Å². The molecule has 0 amide bonds. The van der Waals surface area contributed by atoms with E-state index in [1.807, 2.05) is 30.9 Å². The summed E-state index contributed by atoms with van der Waals surface area (Å²) in [6.45, 7) is 4.92. The van der Waals surface area contributed by atoms with E-state index in [1.54, 1.807) is 11.8 Å². The molecule has 122 valence electrons. The number of aliphatic hydroxyl groups is 1. The van der Waals surface area contributed by atoms with E-state index >= 15 is 0 Å². The number of benzene rings is 1. The highest BCUT2D eigenvalue weighted by atomic mass is 32.2. The summed E-state index contributed by atoms with van der Waals surface area (Å²) in [6.07, 6.45) is 3.08. The van der Waals surface area contributed by atoms with Crippen molar-refractivity contribution in [3.8, 4) is 5.69 Å². The number of rotatable bonds is 1. The van der Waals surface area contributed by atoms with Crippen molar-refractivity contribution in [2.45, 2.75) is 31.9 Å². The fraction of sp³-hybridized carbons (Fsp3) is 0.312. The number of nitrogens with zero attached hydrogens (tertiary/aromatic N) is 3. The molecule has 2 aromatic rings. The lowest BCUT2D eigenvalue weighted by molar-refractivity contribution is -0.134. The highest BCUT2D eigenvalue weighted by molar-refractivity contribution is 7.98. The van der Waals surface area contributed by atoms with Gasteiger partial charge in [-0.15, -0.1) is 11.8 Å². The number of fused-ring (bicyclic) bond motifs is 3. The summed E-state index contributed by atoms with van der Waals surface area (Å²) in [7, 11) is 0. The number of aliphatic carboxylic acids is 1. The Kier molecular flexibility index (Phi) is 5.23. The number of imidazole rings is 1. The van der Waals surface area contributed by atoms with Crippen molar-refractivity contribution in [2.75, 3.05) is 6.26 Å². The number of aliphatic hydroxyl groups excluding tert-OH is 1. The van der Waals surface area contributed by atoms with Crippen LogP contribution >= 0.6 is 11.8 Å². The summed E-state index contributed by atoms with van der Waals surface area (Å²) in [6, 6.07) is 6.24. The van der Waals surface area contributed by atoms with Gasteiger partial charge in [0.25, 0.3) is 5.97 Å². The lowest BCUT2D eigenvalue weighted by atomic mass is 10.1. The van der Waals surface area contributed by atoms with Crippen molar-refractivity contribution in [3.63, 3.8) is 0 Å². The van der Waals surface area contributed by atoms with Gasteiger partial charge in [0.2, 0.25) is 6.23 Å². The van der Waals surface area contributed by atoms with Crippen LogP contribution in [0.4, 0.5) is 0 Å². The van der Waals surface area contributed by atoms with Gasteiger partial charge < -0.3 is 10.2 Å². The Bertz CT molecular complexity index is 764. The standard InChI is InChI=1S/C14H15N3OS.C2H4O2/c1-8-7-17-12-5-4-10(19-3)6-11(12)9(2)16-14(18)13(17)15-8;1-2(3)4/h4-7,14,18H,1-3H3;1H3,(H,3,4). The molecule has 1 atom stereocenters. The van der Waals surface area contributed by atoms with E-state index in [4.69, 9.17) is 9.90 Å². The van der Waals surface area contributed by atoms with Gasteiger partial charge in [-0.25, -0.2) is 4.98 Å². The van der Waals surface area contributed by atoms with Gasteiger partial charge in [0, 0.05) is 29.3 Å². The lowest BCUT2D eigenvalue weighted by Crippen LogP contribution is -2.04. The molecule has 2 heterocycles. The van der Waals surface area contributed by atoms with Crippen molar-refractivity contribution < 1.29 is 15.0 Å². The zero-order valence-corrected chi connectivity index (χ0v) is 14.3. The molecule has 6 nitrogen and oxygen atoms in total. The van der Waals surface area contributed by atoms with Crippen LogP contribution in [0.2, 0.25) is 0 Å². The van der Waals surface area contributed by atoms with Gasteiger partial charge in [-0.1, -0.05) is 0 Å². The van der Waals surface area contributed by atoms with Crippen molar-refractivity contribution in [1.82, 2.24) is 9.55 Å². The first-order valence-corrected chi connectivity index (χ1v) is 8.22. The fourth-order valence-corrected chi connectivity index (χ4v) is 2.78. The van der Waals surface area contributed by atoms with E-state index in [-0.39, 0.29) is 0 Å². The van der Waals surface area contributed by atoms with Gasteiger partial charge in [0.05, 0.1) is 11.4 Å². The normalized spacial score (nSPS) is 15.5. The zero-order valence-electron chi connectivity index (χ0n) is 13.4. The molecule has 0 spiro atoms. The number of aryl methyl sites for hydroxylation is 1. The highest BCUT2D eigenvalue weighted by Crippen LogP contribution is 2.29. The number of carboxylic acid groups (broad SMARTS) is 1. The fourth-order valence-electron chi connectivity index (χ4n) is 2.34. The summed E-state index contributed by atoms with van der Waals surface area (Å²) in [5, 5.41) is 17.6. The molecule has 23 heavy (non-hydrogen) atoms. The molecular weight excluding hydrogens is 314 g/mol. The third kappa shape index (κ3) is 3.80. The molecule has 1 unspecified atom stereocenters. The van der Waals surface area contributed by atoms with Gasteiger partial charge in [-0.3, -0.25) is 14.4 Å². The maximum absolute atomic E-state index is 10.1. The number of aliphatic imine (C=N–C) groups is 1. The summed E-state index contributed by atoms with van der Waals surface area (Å²) in [4.78, 5) is 18.9. The Morgan fingerprint density at radius 2 is 2.00 bits per heavy atom. The number of hydrogen-bond acceptors (Lipinski definition) is 5. The van der Waals surface area contributed by atoms with Crippen LogP contribution in [0.15, 0.2) is 34.3 Å². The van der Waals surface area contributed by atoms with Crippen molar-refractivity contribution in [3.05, 3.63) is 41.5 Å². The second-order valence-corrected chi connectivity index (χ2v) is 5.98. The van der Waals surface area contributed by atoms with Crippen LogP contribution in [0.5, 0.6) is 0 Å². The molecule has 1 aliphatic rings. The quantitative estimate of drug-likeness (QED) is 0.784. The molecule has 7 heteroatoms. The number of carboxylic acids is 1. The minimum absolute atomic E-state index is 0.576. The summed E-state index contributed by atoms with van der Waals surface area (Å²) in [5.41, 5.74) is 3.78. The molecule has 0 aliphatic carbocycles. The van der Waals surface area contributed by atoms with E-state index in [0.29, 0.717) is 5.82 Å². The van der Waals surface area contributed by atoms with E-state index in [9.17, 15) is 5.11 Å². The van der Waals surface area contributed by atoms with E-state index < -0.39 is 12.2 Å². The monoisotopic (exact) mass is 333 g/mol. The summed E-state index contributed by atoms with van der Waals surface area (Å²) < 4.78 is 1.93. The number of carbonyl (C=O) groups is 1. The Balaban J connectivity index is 0.000000433. The third-order valence-corrected chi connectivity index (χ3v) is 3.98. The largest absolute Gasteiger partial charge is 0.481 e. The number of aromatic nitrogens is 2. The molecule has 3 rings (SSSR count). The summed E-state index contributed by atoms with van der Waals surface area (Å²) in [5.74, 6) is -0.257. The van der Waals surface area contributed by atoms with E-state index in [0.717, 1.165) is 29.6 Å². The number of thioether (sulfide) groups is 1. The minimum Gasteiger partial charge on any atom is -0.481 e. The highest BCUT2D eigenvalue weighted by Gasteiger charge is 2.22. The maximum atomic E-state index is 10.1. The second kappa shape index (κ2) is 6.97. The van der Waals surface area contributed by atoms with Gasteiger partial charge in [-0.2, -0.15) is 0 Å². The Morgan fingerprint density at radius 3 is 2.61 bits per heavy atom. The van der Waals surface area contributed by atoms with Crippen molar-refractivity contribution in [2.24, 2.45) is 4.99 Å². The van der Waals surface area contributed by atoms with Crippen LogP contribution in [0, 0.1) is 6.92 Å². The molecule has 1 aromatic carbocycles. The molecule has 1 aliphatic heterocycles. The molecule has 0 saturated carbocycles. The van der Waals surface area contributed by atoms with Gasteiger partial charge >= 0.3 is 0 Å². The van der Waals surface area contributed by atoms with Crippen LogP contribution in [0.25, 0.3) is 5.69 Å². The van der Waals surface area contributed by atoms with Gasteiger partial charge in [0.15, 0.2) is 5.82 Å². The Morgan fingerprint density at radius 1 is 1.35 bits per heavy atom. The second-order valence-electron chi connectivity index (χ2n) is 5.10. The Hall–Kier alpha value is -2.12. The van der Waals surface area contributed by atoms with E-state index in [2.05, 4.69) is 28.2 Å². The number of hydrogen-bond donors (Lipinski definition) is 2. The van der Waals surface area contributed by atoms with Crippen LogP contribution < -0.4 is 0 Å². The Labute approximate surface area is 138 Å². The molecule has 0 saturated heterocycles. The first-order valence-electron chi connectivity index (χ1n) is 7.00. The predicted molar refractivity (Wildman–Crippen MR) is 90.6 cm³/mol. The smallest absolute Gasteiger partial charge is 0.300 e. The average Bonchev–Trinajstić information content (AvgIpc) is 2.84. The first kappa shape index (κ1) is 17.2. The van der Waals surface area contributed by atoms with Crippen LogP contribution in [-0.2, 0) is 4.79 Å². The zero-order chi connectivity index (χ0) is 17.1. The minimum atomic E-state index is -0.904. The molecule has 0 fully saturated rings. The first-order chi connectivity index (χ1) is 10.8. The van der Waals surface area contributed by atoms with Crippen LogP contribution in [0.3, 0.4) is 0 Å². The molecule has 0 bridgehead atoms. The summed E-state index contributed by atoms with van der Waals surface area (Å²) >= 11 is 1.70. The maximum Gasteiger partial charge on any atom is 0.300 e. The topological polar surface area (TPSA) is 87.7 Å². The lowest BCUT2D eigenvalue weighted by Gasteiger charge is -2.10. The van der Waals surface area contributed by atoms with Crippen LogP contribution in [-0.4, -0.2) is 37.7 Å². The molecule has 0 radical (unpaired) electrons. The molecule has 2 N–H and O–H groups in total. The SMILES string of the molecule is CC(=O)O.CSc1ccc2c(c1)C(C)=NC(O)c1nc(C)cn1-2. The van der Waals surface area contributed by atoms with Crippen molar-refractivity contribution in [1.29, 1.82) is 0 Å². The van der Waals surface area contributed by atoms with Gasteiger partial charge in [-0.05, 0) is 38.3 Å². The van der Waals surface area contributed by atoms with Gasteiger partial charge in [0.1, 0.15) is 0 Å². The molecular formula is C16H19N3O3S. The molecule has 1 aromatic heterocycles. The van der Waals surface area contributed by atoms with Crippen molar-refractivity contribution >= 4 is 23.4 Å². The van der Waals surface area contributed by atoms with E-state index in [1.165, 1.54) is 4.90 Å². The average molecular weight is 333 g/mol. The predicted octanol–water partition coefficient (Wildman–Crippen LogP) is 2.81.